The van der Waals surface area contributed by atoms with E-state index in [1.165, 1.54) is 0 Å². The molecular formula is C13H12N4O3. The number of fused-ring (bicyclic) bond motifs is 1. The normalized spacial score (nSPS) is 18.4. The molecule has 3 rings (SSSR count). The summed E-state index contributed by atoms with van der Waals surface area (Å²) < 4.78 is 1.66. The Morgan fingerprint density at radius 3 is 2.95 bits per heavy atom. The Kier molecular flexibility index (Phi) is 2.74. The number of nitrogens with zero attached hydrogens (tertiary/aromatic N) is 2. The van der Waals surface area contributed by atoms with Gasteiger partial charge in [-0.2, -0.15) is 5.10 Å². The first-order chi connectivity index (χ1) is 9.52. The molecule has 1 aliphatic heterocycles. The highest BCUT2D eigenvalue weighted by Crippen LogP contribution is 2.14. The zero-order valence-electron chi connectivity index (χ0n) is 10.7. The maximum absolute atomic E-state index is 12.1. The second-order valence-corrected chi connectivity index (χ2v) is 4.72. The minimum Gasteiger partial charge on any atom is -0.340 e. The summed E-state index contributed by atoms with van der Waals surface area (Å²) in [6.07, 6.45) is 1.83. The number of amides is 3. The summed E-state index contributed by atoms with van der Waals surface area (Å²) in [5, 5.41) is 9.84. The van der Waals surface area contributed by atoms with Crippen molar-refractivity contribution in [2.75, 3.05) is 0 Å². The van der Waals surface area contributed by atoms with Gasteiger partial charge in [-0.15, -0.1) is 0 Å². The van der Waals surface area contributed by atoms with Crippen LogP contribution in [0, 0.1) is 0 Å². The molecule has 1 atom stereocenters. The van der Waals surface area contributed by atoms with E-state index in [1.54, 1.807) is 29.9 Å². The third kappa shape index (κ3) is 2.13. The average molecular weight is 272 g/mol. The highest BCUT2D eigenvalue weighted by molar-refractivity contribution is 6.08. The van der Waals surface area contributed by atoms with Crippen molar-refractivity contribution in [2.45, 2.75) is 12.5 Å². The van der Waals surface area contributed by atoms with E-state index in [0.29, 0.717) is 11.1 Å². The van der Waals surface area contributed by atoms with Crippen LogP contribution in [0.2, 0.25) is 0 Å². The molecule has 1 saturated heterocycles. The van der Waals surface area contributed by atoms with Gasteiger partial charge in [-0.25, -0.2) is 0 Å². The molecule has 2 N–H and O–H groups in total. The number of imide groups is 1. The van der Waals surface area contributed by atoms with Crippen molar-refractivity contribution >= 4 is 28.6 Å². The monoisotopic (exact) mass is 272 g/mol. The summed E-state index contributed by atoms with van der Waals surface area (Å²) in [5.41, 5.74) is 1.11. The molecule has 0 bridgehead atoms. The third-order valence-electron chi connectivity index (χ3n) is 3.16. The fourth-order valence-electron chi connectivity index (χ4n) is 2.19. The van der Waals surface area contributed by atoms with Gasteiger partial charge in [-0.3, -0.25) is 24.4 Å². The van der Waals surface area contributed by atoms with Gasteiger partial charge in [0.25, 0.3) is 5.91 Å². The second kappa shape index (κ2) is 4.44. The minimum absolute atomic E-state index is 0.0175. The van der Waals surface area contributed by atoms with Crippen LogP contribution in [0.4, 0.5) is 0 Å². The van der Waals surface area contributed by atoms with Crippen LogP contribution >= 0.6 is 0 Å². The summed E-state index contributed by atoms with van der Waals surface area (Å²) in [6, 6.07) is 4.30. The lowest BCUT2D eigenvalue weighted by Crippen LogP contribution is -2.40. The lowest BCUT2D eigenvalue weighted by atomic mass is 10.1. The van der Waals surface area contributed by atoms with E-state index in [4.69, 9.17) is 0 Å². The van der Waals surface area contributed by atoms with Crippen molar-refractivity contribution in [1.29, 1.82) is 0 Å². The van der Waals surface area contributed by atoms with Crippen LogP contribution in [-0.2, 0) is 16.6 Å². The van der Waals surface area contributed by atoms with Crippen LogP contribution in [0.5, 0.6) is 0 Å². The van der Waals surface area contributed by atoms with Crippen molar-refractivity contribution in [1.82, 2.24) is 20.4 Å². The maximum atomic E-state index is 12.1. The number of hydrogen-bond donors (Lipinski definition) is 2. The lowest BCUT2D eigenvalue weighted by Gasteiger charge is -2.08. The highest BCUT2D eigenvalue weighted by atomic mass is 16.2. The molecule has 1 fully saturated rings. The summed E-state index contributed by atoms with van der Waals surface area (Å²) in [5.74, 6) is -1.24. The Balaban J connectivity index is 1.81. The first-order valence-corrected chi connectivity index (χ1v) is 6.11. The van der Waals surface area contributed by atoms with Gasteiger partial charge in [0, 0.05) is 24.2 Å². The third-order valence-corrected chi connectivity index (χ3v) is 3.16. The van der Waals surface area contributed by atoms with E-state index < -0.39 is 17.9 Å². The van der Waals surface area contributed by atoms with Crippen LogP contribution < -0.4 is 10.6 Å². The smallest absolute Gasteiger partial charge is 0.252 e. The summed E-state index contributed by atoms with van der Waals surface area (Å²) in [7, 11) is 1.80. The molecule has 7 heteroatoms. The van der Waals surface area contributed by atoms with Crippen LogP contribution in [0.15, 0.2) is 24.4 Å². The van der Waals surface area contributed by atoms with E-state index in [9.17, 15) is 14.4 Å². The Morgan fingerprint density at radius 2 is 2.25 bits per heavy atom. The van der Waals surface area contributed by atoms with Gasteiger partial charge >= 0.3 is 0 Å². The first-order valence-electron chi connectivity index (χ1n) is 6.11. The topological polar surface area (TPSA) is 93.1 Å². The number of nitrogens with one attached hydrogen (secondary N) is 2. The molecule has 0 radical (unpaired) electrons. The Labute approximate surface area is 113 Å². The SMILES string of the molecule is Cn1cc2ccc(C(=O)NC3CC(=O)NC3=O)cc2n1. The molecule has 3 amide bonds. The molecule has 0 spiro atoms. The number of rotatable bonds is 2. The van der Waals surface area contributed by atoms with Crippen LogP contribution in [0.3, 0.4) is 0 Å². The maximum Gasteiger partial charge on any atom is 0.252 e. The number of aromatic nitrogens is 2. The van der Waals surface area contributed by atoms with E-state index in [2.05, 4.69) is 15.7 Å². The standard InChI is InChI=1S/C13H12N4O3/c1-17-6-8-3-2-7(4-9(8)16-17)12(19)14-10-5-11(18)15-13(10)20/h2-4,6,10H,5H2,1H3,(H,14,19)(H,15,18,20). The number of carbonyl (C=O) groups is 3. The molecule has 20 heavy (non-hydrogen) atoms. The van der Waals surface area contributed by atoms with Crippen molar-refractivity contribution in [3.05, 3.63) is 30.0 Å². The van der Waals surface area contributed by atoms with Gasteiger partial charge < -0.3 is 5.32 Å². The molecule has 1 aromatic carbocycles. The van der Waals surface area contributed by atoms with Crippen molar-refractivity contribution in [2.24, 2.45) is 7.05 Å². The van der Waals surface area contributed by atoms with Crippen molar-refractivity contribution in [3.8, 4) is 0 Å². The number of benzene rings is 1. The molecule has 102 valence electrons. The van der Waals surface area contributed by atoms with E-state index in [-0.39, 0.29) is 12.3 Å². The fourth-order valence-corrected chi connectivity index (χ4v) is 2.19. The zero-order chi connectivity index (χ0) is 14.3. The molecule has 0 saturated carbocycles. The molecule has 2 aromatic rings. The minimum atomic E-state index is -0.797. The van der Waals surface area contributed by atoms with Crippen LogP contribution in [0.1, 0.15) is 16.8 Å². The van der Waals surface area contributed by atoms with Crippen molar-refractivity contribution in [3.63, 3.8) is 0 Å². The summed E-state index contributed by atoms with van der Waals surface area (Å²) in [4.78, 5) is 34.5. The first kappa shape index (κ1) is 12.3. The highest BCUT2D eigenvalue weighted by Gasteiger charge is 2.31. The molecular weight excluding hydrogens is 260 g/mol. The van der Waals surface area contributed by atoms with Gasteiger partial charge in [0.1, 0.15) is 6.04 Å². The molecule has 1 unspecified atom stereocenters. The largest absolute Gasteiger partial charge is 0.340 e. The summed E-state index contributed by atoms with van der Waals surface area (Å²) in [6.45, 7) is 0. The van der Waals surface area contributed by atoms with Gasteiger partial charge in [0.05, 0.1) is 11.9 Å². The van der Waals surface area contributed by atoms with Gasteiger partial charge in [-0.05, 0) is 12.1 Å². The van der Waals surface area contributed by atoms with Gasteiger partial charge in [0.2, 0.25) is 11.8 Å². The van der Waals surface area contributed by atoms with Crippen molar-refractivity contribution < 1.29 is 14.4 Å². The lowest BCUT2D eigenvalue weighted by molar-refractivity contribution is -0.125. The molecule has 0 aliphatic carbocycles. The number of aryl methyl sites for hydroxylation is 1. The molecule has 7 nitrogen and oxygen atoms in total. The van der Waals surface area contributed by atoms with Crippen LogP contribution in [-0.4, -0.2) is 33.5 Å². The van der Waals surface area contributed by atoms with E-state index in [0.717, 1.165) is 5.39 Å². The predicted octanol–water partition coefficient (Wildman–Crippen LogP) is -0.282. The molecule has 2 heterocycles. The van der Waals surface area contributed by atoms with E-state index >= 15 is 0 Å². The number of carbonyl (C=O) groups excluding carboxylic acids is 3. The van der Waals surface area contributed by atoms with Crippen LogP contribution in [0.25, 0.3) is 10.9 Å². The fraction of sp³-hybridized carbons (Fsp3) is 0.231. The van der Waals surface area contributed by atoms with Gasteiger partial charge in [-0.1, -0.05) is 6.07 Å². The number of hydrogen-bond acceptors (Lipinski definition) is 4. The predicted molar refractivity (Wildman–Crippen MR) is 69.7 cm³/mol. The Hall–Kier alpha value is -2.70. The molecule has 1 aliphatic rings. The van der Waals surface area contributed by atoms with E-state index in [1.807, 2.05) is 6.20 Å². The quantitative estimate of drug-likeness (QED) is 0.735. The van der Waals surface area contributed by atoms with Gasteiger partial charge in [0.15, 0.2) is 0 Å². The Bertz CT molecular complexity index is 734. The second-order valence-electron chi connectivity index (χ2n) is 4.72. The average Bonchev–Trinajstić information content (AvgIpc) is 2.90. The molecule has 1 aromatic heterocycles. The Morgan fingerprint density at radius 1 is 1.45 bits per heavy atom. The zero-order valence-corrected chi connectivity index (χ0v) is 10.7. The summed E-state index contributed by atoms with van der Waals surface area (Å²) >= 11 is 0.